The van der Waals surface area contributed by atoms with Gasteiger partial charge in [0.1, 0.15) is 6.34 Å². The largest absolute Gasteiger partial charge is 0.253 e. The lowest BCUT2D eigenvalue weighted by atomic mass is 9.93. The Balaban J connectivity index is 2.53. The summed E-state index contributed by atoms with van der Waals surface area (Å²) in [7, 11) is 0. The molecule has 0 aromatic heterocycles. The number of rotatable bonds is 4. The van der Waals surface area contributed by atoms with Crippen LogP contribution in [0.25, 0.3) is 0 Å². The highest BCUT2D eigenvalue weighted by molar-refractivity contribution is 6.18. The van der Waals surface area contributed by atoms with E-state index in [-0.39, 0.29) is 0 Å². The van der Waals surface area contributed by atoms with Crippen LogP contribution in [0.5, 0.6) is 0 Å². The van der Waals surface area contributed by atoms with Crippen LogP contribution < -0.4 is 0 Å². The Morgan fingerprint density at radius 3 is 2.80 bits per heavy atom. The summed E-state index contributed by atoms with van der Waals surface area (Å²) < 4.78 is 0. The minimum Gasteiger partial charge on any atom is -0.253 e. The smallest absolute Gasteiger partial charge is 0.196 e. The molecule has 0 spiro atoms. The van der Waals surface area contributed by atoms with Crippen LogP contribution in [0.15, 0.2) is 58.0 Å². The van der Waals surface area contributed by atoms with E-state index in [0.29, 0.717) is 0 Å². The summed E-state index contributed by atoms with van der Waals surface area (Å²) in [5.41, 5.74) is 2.75. The molecule has 0 N–H and O–H groups in total. The first kappa shape index (κ1) is 14.1. The molecular weight excluding hydrogens is 246 g/mol. The molecule has 1 aromatic rings. The van der Waals surface area contributed by atoms with Gasteiger partial charge in [0.25, 0.3) is 0 Å². The molecular formula is C17H19N3. The van der Waals surface area contributed by atoms with Crippen molar-refractivity contribution in [2.75, 3.05) is 0 Å². The fourth-order valence-corrected chi connectivity index (χ4v) is 2.25. The molecule has 102 valence electrons. The Kier molecular flexibility index (Phi) is 4.41. The van der Waals surface area contributed by atoms with E-state index in [2.05, 4.69) is 53.6 Å². The lowest BCUT2D eigenvalue weighted by Crippen LogP contribution is -2.20. The van der Waals surface area contributed by atoms with Crippen molar-refractivity contribution in [1.82, 2.24) is 0 Å². The van der Waals surface area contributed by atoms with Crippen molar-refractivity contribution >= 4 is 18.8 Å². The number of benzene rings is 1. The van der Waals surface area contributed by atoms with E-state index in [1.165, 1.54) is 11.1 Å². The molecule has 1 heterocycles. The quantitative estimate of drug-likeness (QED) is 0.743. The second-order valence-electron chi connectivity index (χ2n) is 4.79. The van der Waals surface area contributed by atoms with Crippen LogP contribution in [0.1, 0.15) is 23.1 Å². The van der Waals surface area contributed by atoms with Gasteiger partial charge in [-0.25, -0.2) is 9.98 Å². The molecule has 0 aliphatic carbocycles. The third kappa shape index (κ3) is 2.99. The van der Waals surface area contributed by atoms with Crippen LogP contribution in [0.4, 0.5) is 0 Å². The van der Waals surface area contributed by atoms with E-state index < -0.39 is 5.66 Å². The van der Waals surface area contributed by atoms with E-state index in [1.54, 1.807) is 18.8 Å². The molecule has 0 amide bonds. The van der Waals surface area contributed by atoms with Crippen LogP contribution in [-0.2, 0) is 5.66 Å². The highest BCUT2D eigenvalue weighted by Crippen LogP contribution is 2.32. The van der Waals surface area contributed by atoms with Gasteiger partial charge in [-0.2, -0.15) is 0 Å². The maximum atomic E-state index is 4.59. The number of aryl methyl sites for hydroxylation is 2. The normalized spacial score (nSPS) is 21.3. The minimum atomic E-state index is -0.725. The molecule has 20 heavy (non-hydrogen) atoms. The summed E-state index contributed by atoms with van der Waals surface area (Å²) in [6.07, 6.45) is 11.6. The average molecular weight is 265 g/mol. The summed E-state index contributed by atoms with van der Waals surface area (Å²) in [5.74, 6) is 0. The molecule has 1 aliphatic heterocycles. The van der Waals surface area contributed by atoms with Gasteiger partial charge in [0.05, 0.1) is 0 Å². The molecule has 3 nitrogen and oxygen atoms in total. The lowest BCUT2D eigenvalue weighted by molar-refractivity contribution is 0.601. The number of aliphatic imine (C=N–C) groups is 3. The number of nitrogens with zero attached hydrogens (tertiary/aromatic N) is 3. The van der Waals surface area contributed by atoms with Crippen molar-refractivity contribution in [3.05, 3.63) is 59.7 Å². The van der Waals surface area contributed by atoms with E-state index in [0.717, 1.165) is 12.0 Å². The third-order valence-corrected chi connectivity index (χ3v) is 3.18. The monoisotopic (exact) mass is 265 g/mol. The Hall–Kier alpha value is -2.29. The first-order valence-corrected chi connectivity index (χ1v) is 6.65. The zero-order chi connectivity index (χ0) is 14.4. The first-order valence-electron chi connectivity index (χ1n) is 6.65. The van der Waals surface area contributed by atoms with Crippen molar-refractivity contribution < 1.29 is 0 Å². The molecule has 0 saturated heterocycles. The van der Waals surface area contributed by atoms with Gasteiger partial charge in [-0.15, -0.1) is 6.58 Å². The van der Waals surface area contributed by atoms with Crippen molar-refractivity contribution in [3.8, 4) is 0 Å². The average Bonchev–Trinajstić information content (AvgIpc) is 2.65. The summed E-state index contributed by atoms with van der Waals surface area (Å²) in [5, 5.41) is 0. The van der Waals surface area contributed by atoms with Crippen LogP contribution in [0.2, 0.25) is 0 Å². The van der Waals surface area contributed by atoms with Gasteiger partial charge in [0.15, 0.2) is 5.66 Å². The summed E-state index contributed by atoms with van der Waals surface area (Å²) >= 11 is 0. The predicted octanol–water partition coefficient (Wildman–Crippen LogP) is 3.77. The third-order valence-electron chi connectivity index (χ3n) is 3.18. The summed E-state index contributed by atoms with van der Waals surface area (Å²) in [6.45, 7) is 7.90. The molecule has 0 saturated carbocycles. The predicted molar refractivity (Wildman–Crippen MR) is 87.0 cm³/mol. The minimum absolute atomic E-state index is 0.725. The van der Waals surface area contributed by atoms with Gasteiger partial charge < -0.3 is 0 Å². The van der Waals surface area contributed by atoms with Gasteiger partial charge in [-0.05, 0) is 31.9 Å². The first-order chi connectivity index (χ1) is 9.68. The summed E-state index contributed by atoms with van der Waals surface area (Å²) in [6, 6.07) is 6.32. The highest BCUT2D eigenvalue weighted by atomic mass is 15.1. The molecule has 1 atom stereocenters. The van der Waals surface area contributed by atoms with E-state index in [9.17, 15) is 0 Å². The van der Waals surface area contributed by atoms with Gasteiger partial charge in [0.2, 0.25) is 0 Å². The zero-order valence-electron chi connectivity index (χ0n) is 12.0. The fraction of sp³-hybridized carbons (Fsp3) is 0.235. The topological polar surface area (TPSA) is 37.1 Å². The lowest BCUT2D eigenvalue weighted by Gasteiger charge is -2.24. The summed E-state index contributed by atoms with van der Waals surface area (Å²) in [4.78, 5) is 13.2. The molecule has 0 radical (unpaired) electrons. The molecule has 0 bridgehead atoms. The SMILES string of the molecule is C=CCC=CC1(c2ccc(C)cc2C)N=CC=NC=N1. The zero-order valence-corrected chi connectivity index (χ0v) is 12.0. The van der Waals surface area contributed by atoms with Gasteiger partial charge in [0, 0.05) is 18.0 Å². The van der Waals surface area contributed by atoms with Crippen molar-refractivity contribution in [3.63, 3.8) is 0 Å². The molecule has 1 aliphatic rings. The van der Waals surface area contributed by atoms with Crippen molar-refractivity contribution in [2.45, 2.75) is 25.9 Å². The van der Waals surface area contributed by atoms with Gasteiger partial charge in [-0.3, -0.25) is 4.99 Å². The van der Waals surface area contributed by atoms with Crippen molar-refractivity contribution in [1.29, 1.82) is 0 Å². The van der Waals surface area contributed by atoms with Crippen LogP contribution in [-0.4, -0.2) is 18.8 Å². The molecule has 0 fully saturated rings. The van der Waals surface area contributed by atoms with E-state index in [4.69, 9.17) is 0 Å². The number of hydrogen-bond donors (Lipinski definition) is 0. The molecule has 1 aromatic carbocycles. The van der Waals surface area contributed by atoms with Crippen molar-refractivity contribution in [2.24, 2.45) is 15.0 Å². The standard InChI is InChI=1S/C17H19N3/c1-4-5-6-9-17(19-11-10-18-13-20-17)16-8-7-14(2)12-15(16)3/h4,6-13H,1,5H2,2-3H3. The molecule has 1 unspecified atom stereocenters. The van der Waals surface area contributed by atoms with Gasteiger partial charge in [-0.1, -0.05) is 35.9 Å². The number of allylic oxidation sites excluding steroid dienone is 2. The maximum Gasteiger partial charge on any atom is 0.196 e. The Morgan fingerprint density at radius 2 is 2.05 bits per heavy atom. The maximum absolute atomic E-state index is 4.59. The van der Waals surface area contributed by atoms with Crippen LogP contribution in [0.3, 0.4) is 0 Å². The molecule has 3 heteroatoms. The van der Waals surface area contributed by atoms with Gasteiger partial charge >= 0.3 is 0 Å². The molecule has 2 rings (SSSR count). The Bertz CT molecular complexity index is 591. The van der Waals surface area contributed by atoms with E-state index >= 15 is 0 Å². The van der Waals surface area contributed by atoms with Crippen LogP contribution >= 0.6 is 0 Å². The Morgan fingerprint density at radius 1 is 1.20 bits per heavy atom. The fourth-order valence-electron chi connectivity index (χ4n) is 2.25. The number of hydrogen-bond acceptors (Lipinski definition) is 3. The second-order valence-corrected chi connectivity index (χ2v) is 4.79. The Labute approximate surface area is 120 Å². The second kappa shape index (κ2) is 6.24. The van der Waals surface area contributed by atoms with Crippen LogP contribution in [0, 0.1) is 13.8 Å². The highest BCUT2D eigenvalue weighted by Gasteiger charge is 2.28. The van der Waals surface area contributed by atoms with E-state index in [1.807, 2.05) is 18.2 Å².